The van der Waals surface area contributed by atoms with Crippen LogP contribution in [0.4, 0.5) is 0 Å². The van der Waals surface area contributed by atoms with Crippen LogP contribution in [0.15, 0.2) is 60.8 Å². The molecule has 2 nitrogen and oxygen atoms in total. The molecule has 0 aliphatic heterocycles. The van der Waals surface area contributed by atoms with E-state index < -0.39 is 0 Å². The van der Waals surface area contributed by atoms with Crippen LogP contribution in [0, 0.1) is 19.3 Å². The summed E-state index contributed by atoms with van der Waals surface area (Å²) < 4.78 is 1.76. The minimum Gasteiger partial charge on any atom is -0.240 e. The Kier molecular flexibility index (Phi) is 3.78. The van der Waals surface area contributed by atoms with Crippen molar-refractivity contribution in [3.8, 4) is 12.3 Å². The molecule has 0 atom stereocenters. The third-order valence-electron chi connectivity index (χ3n) is 2.46. The number of nitrogens with zero attached hydrogens (tertiary/aromatic N) is 2. The molecule has 0 spiro atoms. The predicted octanol–water partition coefficient (Wildman–Crippen LogP) is 3.31. The molecular formula is C16H14N2. The first kappa shape index (κ1) is 11.9. The summed E-state index contributed by atoms with van der Waals surface area (Å²) >= 11 is 0. The Balaban J connectivity index is 0.000000149. The van der Waals surface area contributed by atoms with E-state index in [0.717, 1.165) is 5.52 Å². The van der Waals surface area contributed by atoms with Gasteiger partial charge in [-0.05, 0) is 31.0 Å². The van der Waals surface area contributed by atoms with Gasteiger partial charge in [-0.15, -0.1) is 6.42 Å². The quantitative estimate of drug-likeness (QED) is 0.545. The lowest BCUT2D eigenvalue weighted by Crippen LogP contribution is -1.83. The Hall–Kier alpha value is -2.53. The first-order valence-electron chi connectivity index (χ1n) is 5.72. The molecule has 18 heavy (non-hydrogen) atoms. The van der Waals surface area contributed by atoms with Crippen molar-refractivity contribution in [1.82, 2.24) is 9.61 Å². The van der Waals surface area contributed by atoms with Crippen LogP contribution in [0.5, 0.6) is 0 Å². The average Bonchev–Trinajstić information content (AvgIpc) is 2.83. The van der Waals surface area contributed by atoms with Crippen molar-refractivity contribution >= 4 is 5.52 Å². The van der Waals surface area contributed by atoms with Gasteiger partial charge in [0.2, 0.25) is 0 Å². The molecule has 0 amide bonds. The first-order chi connectivity index (χ1) is 8.79. The van der Waals surface area contributed by atoms with E-state index in [1.165, 1.54) is 5.56 Å². The lowest BCUT2D eigenvalue weighted by molar-refractivity contribution is 0.952. The van der Waals surface area contributed by atoms with Gasteiger partial charge in [0.15, 0.2) is 0 Å². The van der Waals surface area contributed by atoms with Crippen LogP contribution in [0.25, 0.3) is 5.52 Å². The molecular weight excluding hydrogens is 220 g/mol. The number of fused-ring (bicyclic) bond motifs is 1. The van der Waals surface area contributed by atoms with Crippen molar-refractivity contribution in [3.05, 3.63) is 72.1 Å². The molecule has 3 rings (SSSR count). The molecule has 88 valence electrons. The summed E-state index contributed by atoms with van der Waals surface area (Å²) in [5, 5.41) is 4.11. The number of rotatable bonds is 0. The summed E-state index contributed by atoms with van der Waals surface area (Å²) in [5.41, 5.74) is 3.03. The van der Waals surface area contributed by atoms with Gasteiger partial charge in [0.05, 0.1) is 5.52 Å². The summed E-state index contributed by atoms with van der Waals surface area (Å²) in [5.74, 6) is 2.48. The summed E-state index contributed by atoms with van der Waals surface area (Å²) in [6.45, 7) is 2.08. The van der Waals surface area contributed by atoms with Gasteiger partial charge >= 0.3 is 0 Å². The molecule has 1 aromatic carbocycles. The summed E-state index contributed by atoms with van der Waals surface area (Å²) in [7, 11) is 0. The molecule has 0 fully saturated rings. The fourth-order valence-electron chi connectivity index (χ4n) is 1.54. The molecule has 0 saturated heterocycles. The van der Waals surface area contributed by atoms with Crippen molar-refractivity contribution in [2.24, 2.45) is 0 Å². The molecule has 0 saturated carbocycles. The highest BCUT2D eigenvalue weighted by molar-refractivity contribution is 5.50. The molecule has 0 N–H and O–H groups in total. The van der Waals surface area contributed by atoms with Gasteiger partial charge in [0, 0.05) is 6.20 Å². The Labute approximate surface area is 107 Å². The minimum absolute atomic E-state index is 0.677. The second-order valence-corrected chi connectivity index (χ2v) is 3.90. The molecule has 2 heteroatoms. The zero-order valence-corrected chi connectivity index (χ0v) is 10.2. The van der Waals surface area contributed by atoms with Crippen molar-refractivity contribution < 1.29 is 0 Å². The Morgan fingerprint density at radius 3 is 2.33 bits per heavy atom. The zero-order valence-electron chi connectivity index (χ0n) is 10.2. The molecule has 0 unspecified atom stereocenters. The van der Waals surface area contributed by atoms with Gasteiger partial charge in [-0.3, -0.25) is 0 Å². The van der Waals surface area contributed by atoms with Gasteiger partial charge in [0.1, 0.15) is 5.69 Å². The lowest BCUT2D eigenvalue weighted by atomic mass is 10.2. The Morgan fingerprint density at radius 1 is 1.06 bits per heavy atom. The fraction of sp³-hybridized carbons (Fsp3) is 0.0625. The van der Waals surface area contributed by atoms with Crippen molar-refractivity contribution in [1.29, 1.82) is 0 Å². The van der Waals surface area contributed by atoms with E-state index >= 15 is 0 Å². The molecule has 3 aromatic rings. The normalized spacial score (nSPS) is 9.33. The second-order valence-electron chi connectivity index (χ2n) is 3.90. The maximum atomic E-state index is 5.19. The molecule has 0 bridgehead atoms. The highest BCUT2D eigenvalue weighted by Gasteiger charge is 1.94. The average molecular weight is 234 g/mol. The SMILES string of the molecule is C#Cc1cc2ccccn2n1.Cc1ccccc1. The number of hydrogen-bond donors (Lipinski definition) is 0. The van der Waals surface area contributed by atoms with Crippen LogP contribution in [-0.4, -0.2) is 9.61 Å². The first-order valence-corrected chi connectivity index (χ1v) is 5.72. The monoisotopic (exact) mass is 234 g/mol. The van der Waals surface area contributed by atoms with E-state index in [9.17, 15) is 0 Å². The Morgan fingerprint density at radius 2 is 1.78 bits per heavy atom. The summed E-state index contributed by atoms with van der Waals surface area (Å²) in [6.07, 6.45) is 7.06. The highest BCUT2D eigenvalue weighted by atomic mass is 15.2. The van der Waals surface area contributed by atoms with E-state index in [0.29, 0.717) is 5.69 Å². The second kappa shape index (κ2) is 5.70. The van der Waals surface area contributed by atoms with Crippen LogP contribution in [0.2, 0.25) is 0 Å². The van der Waals surface area contributed by atoms with Crippen molar-refractivity contribution in [3.63, 3.8) is 0 Å². The van der Waals surface area contributed by atoms with Crippen molar-refractivity contribution in [2.75, 3.05) is 0 Å². The van der Waals surface area contributed by atoms with E-state index in [4.69, 9.17) is 6.42 Å². The number of aromatic nitrogens is 2. The molecule has 0 radical (unpaired) electrons. The molecule has 0 aliphatic carbocycles. The Bertz CT molecular complexity index is 627. The third kappa shape index (κ3) is 2.99. The number of pyridine rings is 1. The topological polar surface area (TPSA) is 17.3 Å². The maximum Gasteiger partial charge on any atom is 0.136 e. The highest BCUT2D eigenvalue weighted by Crippen LogP contribution is 2.03. The number of terminal acetylenes is 1. The standard InChI is InChI=1S/C9H6N2.C7H8/c1-2-8-7-9-5-3-4-6-11(9)10-8;1-7-5-3-2-4-6-7/h1,3-7H;2-6H,1H3. The van der Waals surface area contributed by atoms with E-state index in [1.54, 1.807) is 4.52 Å². The van der Waals surface area contributed by atoms with Gasteiger partial charge < -0.3 is 0 Å². The van der Waals surface area contributed by atoms with Crippen LogP contribution >= 0.6 is 0 Å². The predicted molar refractivity (Wildman–Crippen MR) is 74.3 cm³/mol. The minimum atomic E-state index is 0.677. The molecule has 2 heterocycles. The van der Waals surface area contributed by atoms with Gasteiger partial charge in [-0.1, -0.05) is 42.0 Å². The summed E-state index contributed by atoms with van der Waals surface area (Å²) in [4.78, 5) is 0. The number of aryl methyl sites for hydroxylation is 1. The van der Waals surface area contributed by atoms with Crippen LogP contribution in [0.1, 0.15) is 11.3 Å². The zero-order chi connectivity index (χ0) is 12.8. The van der Waals surface area contributed by atoms with Crippen LogP contribution < -0.4 is 0 Å². The van der Waals surface area contributed by atoms with Crippen LogP contribution in [0.3, 0.4) is 0 Å². The van der Waals surface area contributed by atoms with E-state index in [-0.39, 0.29) is 0 Å². The van der Waals surface area contributed by atoms with Gasteiger partial charge in [-0.2, -0.15) is 5.10 Å². The van der Waals surface area contributed by atoms with Crippen molar-refractivity contribution in [2.45, 2.75) is 6.92 Å². The summed E-state index contributed by atoms with van der Waals surface area (Å²) in [6, 6.07) is 18.0. The van der Waals surface area contributed by atoms with Crippen LogP contribution in [-0.2, 0) is 0 Å². The fourth-order valence-corrected chi connectivity index (χ4v) is 1.54. The molecule has 2 aromatic heterocycles. The number of benzene rings is 1. The molecule has 0 aliphatic rings. The van der Waals surface area contributed by atoms with E-state index in [2.05, 4.69) is 30.1 Å². The van der Waals surface area contributed by atoms with Gasteiger partial charge in [0.25, 0.3) is 0 Å². The van der Waals surface area contributed by atoms with Gasteiger partial charge in [-0.25, -0.2) is 4.52 Å². The number of hydrogen-bond acceptors (Lipinski definition) is 1. The lowest BCUT2D eigenvalue weighted by Gasteiger charge is -1.86. The maximum absolute atomic E-state index is 5.19. The smallest absolute Gasteiger partial charge is 0.136 e. The van der Waals surface area contributed by atoms with E-state index in [1.807, 2.05) is 48.7 Å². The largest absolute Gasteiger partial charge is 0.240 e. The third-order valence-corrected chi connectivity index (χ3v) is 2.46.